The number of hydrogen-bond donors (Lipinski definition) is 0. The fourth-order valence-corrected chi connectivity index (χ4v) is 8.59. The lowest BCUT2D eigenvalue weighted by Crippen LogP contribution is -2.56. The van der Waals surface area contributed by atoms with Crippen LogP contribution in [0.5, 0.6) is 23.0 Å². The first-order chi connectivity index (χ1) is 26.5. The van der Waals surface area contributed by atoms with Crippen molar-refractivity contribution < 1.29 is 9.47 Å². The van der Waals surface area contributed by atoms with Crippen molar-refractivity contribution in [3.05, 3.63) is 163 Å². The minimum atomic E-state index is -0.0926. The van der Waals surface area contributed by atoms with Crippen LogP contribution in [0.4, 0.5) is 17.1 Å². The van der Waals surface area contributed by atoms with Crippen molar-refractivity contribution in [3.63, 3.8) is 0 Å². The van der Waals surface area contributed by atoms with Crippen molar-refractivity contribution in [1.29, 1.82) is 0 Å². The number of rotatable bonds is 5. The van der Waals surface area contributed by atoms with Gasteiger partial charge in [-0.2, -0.15) is 0 Å². The van der Waals surface area contributed by atoms with Gasteiger partial charge < -0.3 is 18.9 Å². The SMILES string of the molecule is CC(C)(C)c1ccc2c(c1)c1cc(C(C)(C)C)cc3c1n2B1c2ccc(Oc4ccccc4)cc2N(c2ccccc2)c2cc(Oc4ccccc4)cc-3c21. The molecule has 0 atom stereocenters. The van der Waals surface area contributed by atoms with Crippen LogP contribution >= 0.6 is 0 Å². The summed E-state index contributed by atoms with van der Waals surface area (Å²) in [4.78, 5) is 2.40. The Hall–Kier alpha value is -6.20. The van der Waals surface area contributed by atoms with Crippen LogP contribution in [-0.2, 0) is 10.8 Å². The maximum absolute atomic E-state index is 6.76. The second kappa shape index (κ2) is 12.2. The Balaban J connectivity index is 1.33. The fraction of sp³-hybridized carbons (Fsp3) is 0.160. The second-order valence-corrected chi connectivity index (χ2v) is 17.0. The van der Waals surface area contributed by atoms with Gasteiger partial charge in [-0.15, -0.1) is 0 Å². The molecule has 268 valence electrons. The molecule has 2 aliphatic rings. The number of fused-ring (bicyclic) bond motifs is 7. The lowest BCUT2D eigenvalue weighted by atomic mass is 9.45. The van der Waals surface area contributed by atoms with Gasteiger partial charge >= 0.3 is 6.85 Å². The lowest BCUT2D eigenvalue weighted by molar-refractivity contribution is 0.483. The molecule has 0 radical (unpaired) electrons. The largest absolute Gasteiger partial charge is 0.457 e. The number of ether oxygens (including phenoxy) is 2. The highest BCUT2D eigenvalue weighted by Crippen LogP contribution is 2.49. The number of hydrogen-bond acceptors (Lipinski definition) is 3. The number of para-hydroxylation sites is 3. The van der Waals surface area contributed by atoms with E-state index in [1.807, 2.05) is 60.7 Å². The molecule has 0 unspecified atom stereocenters. The first-order valence-electron chi connectivity index (χ1n) is 19.3. The van der Waals surface area contributed by atoms with Crippen molar-refractivity contribution in [2.45, 2.75) is 52.4 Å². The van der Waals surface area contributed by atoms with Gasteiger partial charge in [0.05, 0.1) is 0 Å². The van der Waals surface area contributed by atoms with Gasteiger partial charge in [0.25, 0.3) is 0 Å². The van der Waals surface area contributed by atoms with E-state index >= 15 is 0 Å². The number of nitrogens with zero attached hydrogens (tertiary/aromatic N) is 2. The smallest absolute Gasteiger partial charge is 0.333 e. The van der Waals surface area contributed by atoms with Crippen molar-refractivity contribution >= 4 is 56.6 Å². The molecule has 2 aliphatic heterocycles. The first kappa shape index (κ1) is 33.4. The molecule has 0 aliphatic carbocycles. The first-order valence-corrected chi connectivity index (χ1v) is 19.3. The third kappa shape index (κ3) is 5.44. The molecular formula is C50H43BN2O2. The fourth-order valence-electron chi connectivity index (χ4n) is 8.59. The van der Waals surface area contributed by atoms with E-state index < -0.39 is 0 Å². The van der Waals surface area contributed by atoms with Crippen LogP contribution in [0.3, 0.4) is 0 Å². The highest BCUT2D eigenvalue weighted by Gasteiger charge is 2.44. The van der Waals surface area contributed by atoms with Crippen LogP contribution in [0.2, 0.25) is 0 Å². The van der Waals surface area contributed by atoms with Crippen molar-refractivity contribution in [3.8, 4) is 34.1 Å². The zero-order chi connectivity index (χ0) is 37.6. The van der Waals surface area contributed by atoms with Crippen LogP contribution in [0.25, 0.3) is 32.9 Å². The Morgan fingerprint density at radius 2 is 1.07 bits per heavy atom. The van der Waals surface area contributed by atoms with E-state index in [2.05, 4.69) is 142 Å². The lowest BCUT2D eigenvalue weighted by Gasteiger charge is -2.41. The molecule has 55 heavy (non-hydrogen) atoms. The average Bonchev–Trinajstić information content (AvgIpc) is 3.50. The molecule has 0 amide bonds. The van der Waals surface area contributed by atoms with Crippen LogP contribution in [0.1, 0.15) is 52.7 Å². The summed E-state index contributed by atoms with van der Waals surface area (Å²) < 4.78 is 15.9. The summed E-state index contributed by atoms with van der Waals surface area (Å²) in [5.74, 6) is 3.20. The summed E-state index contributed by atoms with van der Waals surface area (Å²) in [6, 6.07) is 54.0. The monoisotopic (exact) mass is 714 g/mol. The molecule has 0 spiro atoms. The highest BCUT2D eigenvalue weighted by atomic mass is 16.5. The maximum atomic E-state index is 6.76. The van der Waals surface area contributed by atoms with Gasteiger partial charge in [-0.05, 0) is 111 Å². The molecule has 8 aromatic rings. The van der Waals surface area contributed by atoms with E-state index in [9.17, 15) is 0 Å². The molecule has 0 N–H and O–H groups in total. The second-order valence-electron chi connectivity index (χ2n) is 17.0. The van der Waals surface area contributed by atoms with Crippen LogP contribution < -0.4 is 25.3 Å². The average molecular weight is 715 g/mol. The van der Waals surface area contributed by atoms with E-state index in [0.717, 1.165) is 40.1 Å². The Morgan fingerprint density at radius 1 is 0.473 bits per heavy atom. The van der Waals surface area contributed by atoms with E-state index in [1.54, 1.807) is 0 Å². The minimum Gasteiger partial charge on any atom is -0.457 e. The molecular weight excluding hydrogens is 671 g/mol. The predicted molar refractivity (Wildman–Crippen MR) is 230 cm³/mol. The molecule has 0 bridgehead atoms. The summed E-state index contributed by atoms with van der Waals surface area (Å²) in [7, 11) is 0. The summed E-state index contributed by atoms with van der Waals surface area (Å²) in [5.41, 5.74) is 13.3. The number of aromatic nitrogens is 1. The predicted octanol–water partition coefficient (Wildman–Crippen LogP) is 12.4. The summed E-state index contributed by atoms with van der Waals surface area (Å²) in [6.45, 7) is 13.8. The van der Waals surface area contributed by atoms with Crippen molar-refractivity contribution in [2.75, 3.05) is 4.90 Å². The molecule has 10 rings (SSSR count). The Labute approximate surface area is 323 Å². The summed E-state index contributed by atoms with van der Waals surface area (Å²) in [5, 5.41) is 2.59. The minimum absolute atomic E-state index is 0.00977. The zero-order valence-electron chi connectivity index (χ0n) is 32.2. The van der Waals surface area contributed by atoms with Gasteiger partial charge in [-0.3, -0.25) is 0 Å². The van der Waals surface area contributed by atoms with E-state index in [-0.39, 0.29) is 17.7 Å². The Bertz CT molecular complexity index is 2780. The molecule has 4 nitrogen and oxygen atoms in total. The van der Waals surface area contributed by atoms with Crippen molar-refractivity contribution in [2.24, 2.45) is 0 Å². The van der Waals surface area contributed by atoms with E-state index in [1.165, 1.54) is 55.0 Å². The maximum Gasteiger partial charge on any atom is 0.333 e. The van der Waals surface area contributed by atoms with E-state index in [0.29, 0.717) is 0 Å². The zero-order valence-corrected chi connectivity index (χ0v) is 32.2. The number of benzene rings is 7. The Morgan fingerprint density at radius 3 is 1.73 bits per heavy atom. The van der Waals surface area contributed by atoms with Gasteiger partial charge in [0, 0.05) is 56.6 Å². The van der Waals surface area contributed by atoms with Crippen molar-refractivity contribution in [1.82, 2.24) is 4.48 Å². The van der Waals surface area contributed by atoms with Crippen LogP contribution in [0, 0.1) is 0 Å². The highest BCUT2D eigenvalue weighted by molar-refractivity contribution is 6.90. The molecule has 5 heteroatoms. The van der Waals surface area contributed by atoms with Gasteiger partial charge in [0.1, 0.15) is 23.0 Å². The third-order valence-electron chi connectivity index (χ3n) is 11.3. The van der Waals surface area contributed by atoms with Crippen LogP contribution in [-0.4, -0.2) is 11.3 Å². The molecule has 0 fully saturated rings. The molecule has 3 heterocycles. The Kier molecular flexibility index (Phi) is 7.38. The van der Waals surface area contributed by atoms with E-state index in [4.69, 9.17) is 9.47 Å². The van der Waals surface area contributed by atoms with Gasteiger partial charge in [0.15, 0.2) is 0 Å². The summed E-state index contributed by atoms with van der Waals surface area (Å²) in [6.07, 6.45) is 0. The normalized spacial score (nSPS) is 13.2. The molecule has 7 aromatic carbocycles. The van der Waals surface area contributed by atoms with Crippen LogP contribution in [0.15, 0.2) is 152 Å². The van der Waals surface area contributed by atoms with Gasteiger partial charge in [-0.25, -0.2) is 0 Å². The third-order valence-corrected chi connectivity index (χ3v) is 11.3. The topological polar surface area (TPSA) is 26.6 Å². The molecule has 1 aromatic heterocycles. The number of anilines is 3. The standard InChI is InChI=1S/C50H43BN2O2/c1-49(2,3)32-22-25-44-39(26-32)41-27-33(50(4,5)6)28-42-40-29-38(55-36-20-14-9-15-21-36)31-46-47(40)51(53(44)48(41)42)43-24-23-37(54-35-18-12-8-13-19-35)30-45(43)52(46)34-16-10-7-11-17-34/h7-31H,1-6H3. The molecule has 0 saturated heterocycles. The molecule has 0 saturated carbocycles. The van der Waals surface area contributed by atoms with Gasteiger partial charge in [-0.1, -0.05) is 108 Å². The van der Waals surface area contributed by atoms with Gasteiger partial charge in [0.2, 0.25) is 0 Å². The quantitative estimate of drug-likeness (QED) is 0.166. The summed E-state index contributed by atoms with van der Waals surface area (Å²) >= 11 is 0.